The van der Waals surface area contributed by atoms with Gasteiger partial charge in [-0.2, -0.15) is 0 Å². The largest absolute Gasteiger partial charge is 0.494 e. The number of fused-ring (bicyclic) bond motifs is 1. The first kappa shape index (κ1) is 21.1. The summed E-state index contributed by atoms with van der Waals surface area (Å²) in [5, 5.41) is 2.52. The van der Waals surface area contributed by atoms with E-state index in [4.69, 9.17) is 4.74 Å². The van der Waals surface area contributed by atoms with Gasteiger partial charge in [-0.15, -0.1) is 0 Å². The van der Waals surface area contributed by atoms with Crippen LogP contribution in [0.15, 0.2) is 73.4 Å². The highest BCUT2D eigenvalue weighted by Gasteiger charge is 2.14. The van der Waals surface area contributed by atoms with Crippen molar-refractivity contribution < 1.29 is 18.7 Å². The zero-order valence-corrected chi connectivity index (χ0v) is 18.3. The van der Waals surface area contributed by atoms with Crippen molar-refractivity contribution in [2.24, 2.45) is 0 Å². The van der Waals surface area contributed by atoms with Crippen molar-refractivity contribution in [2.45, 2.75) is 0 Å². The number of hydrogen-bond donors (Lipinski definition) is 1. The predicted molar refractivity (Wildman–Crippen MR) is 124 cm³/mol. The van der Waals surface area contributed by atoms with Gasteiger partial charge in [-0.25, -0.2) is 24.1 Å². The lowest BCUT2D eigenvalue weighted by atomic mass is 10.2. The summed E-state index contributed by atoms with van der Waals surface area (Å²) in [7, 11) is 2.72. The number of halogens is 1. The molecule has 4 aromatic heterocycles. The van der Waals surface area contributed by atoms with Gasteiger partial charge in [0.2, 0.25) is 0 Å². The van der Waals surface area contributed by atoms with Crippen LogP contribution >= 0.6 is 0 Å². The Bertz CT molecular complexity index is 1490. The van der Waals surface area contributed by atoms with E-state index in [0.29, 0.717) is 11.6 Å². The Morgan fingerprint density at radius 2 is 1.85 bits per heavy atom. The van der Waals surface area contributed by atoms with E-state index in [2.05, 4.69) is 25.0 Å². The molecule has 0 aliphatic rings. The summed E-state index contributed by atoms with van der Waals surface area (Å²) in [6.45, 7) is 0. The van der Waals surface area contributed by atoms with Crippen LogP contribution < -0.4 is 10.1 Å². The SMILES string of the molecule is COC(=O)Nc1ccc(-c2cnc3ccc(-c4nccn4-c4ccc(F)c(OC)c4)cn23)cn1. The number of ether oxygens (including phenoxy) is 2. The summed E-state index contributed by atoms with van der Waals surface area (Å²) < 4.78 is 27.4. The third-order valence-corrected chi connectivity index (χ3v) is 5.29. The van der Waals surface area contributed by atoms with E-state index < -0.39 is 11.9 Å². The van der Waals surface area contributed by atoms with Gasteiger partial charge >= 0.3 is 6.09 Å². The number of nitrogens with zero attached hydrogens (tertiary/aromatic N) is 5. The Labute approximate surface area is 193 Å². The first-order chi connectivity index (χ1) is 16.6. The molecule has 10 heteroatoms. The Hall–Kier alpha value is -4.73. The molecule has 0 unspecified atom stereocenters. The minimum absolute atomic E-state index is 0.155. The summed E-state index contributed by atoms with van der Waals surface area (Å²) in [5.74, 6) is 0.772. The zero-order valence-electron chi connectivity index (χ0n) is 18.3. The average Bonchev–Trinajstić information content (AvgIpc) is 3.52. The summed E-state index contributed by atoms with van der Waals surface area (Å²) in [6, 6.07) is 12.0. The predicted octanol–water partition coefficient (Wildman–Crippen LogP) is 4.58. The number of imidazole rings is 2. The fourth-order valence-electron chi connectivity index (χ4n) is 3.63. The maximum absolute atomic E-state index is 13.9. The van der Waals surface area contributed by atoms with Gasteiger partial charge in [-0.3, -0.25) is 14.3 Å². The van der Waals surface area contributed by atoms with Crippen molar-refractivity contribution >= 4 is 17.6 Å². The molecule has 1 amide bonds. The third-order valence-electron chi connectivity index (χ3n) is 5.29. The molecule has 0 radical (unpaired) electrons. The number of methoxy groups -OCH3 is 2. The van der Waals surface area contributed by atoms with Crippen LogP contribution in [0.25, 0.3) is 34.0 Å². The molecule has 0 bridgehead atoms. The van der Waals surface area contributed by atoms with Crippen LogP contribution in [0, 0.1) is 5.82 Å². The Balaban J connectivity index is 1.53. The molecule has 4 heterocycles. The molecule has 5 aromatic rings. The average molecular weight is 458 g/mol. The van der Waals surface area contributed by atoms with Crippen molar-refractivity contribution in [2.75, 3.05) is 19.5 Å². The quantitative estimate of drug-likeness (QED) is 0.414. The van der Waals surface area contributed by atoms with Gasteiger partial charge in [-0.05, 0) is 36.4 Å². The van der Waals surface area contributed by atoms with Gasteiger partial charge in [0, 0.05) is 42.0 Å². The molecular weight excluding hydrogens is 439 g/mol. The smallest absolute Gasteiger partial charge is 0.412 e. The molecule has 170 valence electrons. The lowest BCUT2D eigenvalue weighted by molar-refractivity contribution is 0.187. The van der Waals surface area contributed by atoms with Crippen LogP contribution in [0.3, 0.4) is 0 Å². The molecule has 0 atom stereocenters. The van der Waals surface area contributed by atoms with Crippen LogP contribution in [0.5, 0.6) is 5.75 Å². The van der Waals surface area contributed by atoms with Gasteiger partial charge in [0.25, 0.3) is 0 Å². The van der Waals surface area contributed by atoms with Crippen molar-refractivity contribution in [3.8, 4) is 34.1 Å². The summed E-state index contributed by atoms with van der Waals surface area (Å²) in [5.41, 5.74) is 3.92. The molecular formula is C24H19FN6O3. The Morgan fingerprint density at radius 1 is 1.00 bits per heavy atom. The van der Waals surface area contributed by atoms with Gasteiger partial charge in [0.05, 0.1) is 31.8 Å². The number of benzene rings is 1. The fraction of sp³-hybridized carbons (Fsp3) is 0.0833. The maximum Gasteiger partial charge on any atom is 0.412 e. The number of aromatic nitrogens is 5. The molecule has 0 saturated heterocycles. The lowest BCUT2D eigenvalue weighted by Gasteiger charge is -2.11. The minimum atomic E-state index is -0.589. The fourth-order valence-corrected chi connectivity index (χ4v) is 3.63. The first-order valence-electron chi connectivity index (χ1n) is 10.2. The highest BCUT2D eigenvalue weighted by Crippen LogP contribution is 2.28. The van der Waals surface area contributed by atoms with E-state index in [-0.39, 0.29) is 5.75 Å². The van der Waals surface area contributed by atoms with Crippen molar-refractivity contribution in [3.63, 3.8) is 0 Å². The Morgan fingerprint density at radius 3 is 2.62 bits per heavy atom. The maximum atomic E-state index is 13.9. The summed E-state index contributed by atoms with van der Waals surface area (Å²) in [4.78, 5) is 24.6. The lowest BCUT2D eigenvalue weighted by Crippen LogP contribution is -2.11. The number of anilines is 1. The summed E-state index contributed by atoms with van der Waals surface area (Å²) in [6.07, 6.45) is 8.22. The number of hydrogen-bond acceptors (Lipinski definition) is 6. The molecule has 0 aliphatic carbocycles. The van der Waals surface area contributed by atoms with Crippen LogP contribution in [-0.2, 0) is 4.74 Å². The monoisotopic (exact) mass is 458 g/mol. The van der Waals surface area contributed by atoms with E-state index in [1.807, 2.05) is 33.4 Å². The number of rotatable bonds is 5. The third kappa shape index (κ3) is 3.81. The highest BCUT2D eigenvalue weighted by molar-refractivity contribution is 5.83. The van der Waals surface area contributed by atoms with Crippen LogP contribution in [-0.4, -0.2) is 44.2 Å². The second-order valence-electron chi connectivity index (χ2n) is 7.28. The summed E-state index contributed by atoms with van der Waals surface area (Å²) >= 11 is 0. The molecule has 1 N–H and O–H groups in total. The van der Waals surface area contributed by atoms with Gasteiger partial charge < -0.3 is 9.47 Å². The molecule has 0 spiro atoms. The molecule has 0 fully saturated rings. The number of carbonyl (C=O) groups is 1. The normalized spacial score (nSPS) is 10.9. The molecule has 9 nitrogen and oxygen atoms in total. The standard InChI is InChI=1S/C24H19FN6O3/c1-33-20-11-17(5-6-18(20)25)30-10-9-26-23(30)16-4-8-22-28-13-19(31(22)14-16)15-3-7-21(27-12-15)29-24(32)34-2/h3-14H,1-2H3,(H,27,29,32). The van der Waals surface area contributed by atoms with Crippen LogP contribution in [0.4, 0.5) is 15.0 Å². The topological polar surface area (TPSA) is 95.6 Å². The van der Waals surface area contributed by atoms with Crippen molar-refractivity contribution in [1.82, 2.24) is 23.9 Å². The molecule has 0 saturated carbocycles. The van der Waals surface area contributed by atoms with E-state index >= 15 is 0 Å². The molecule has 5 rings (SSSR count). The number of carbonyl (C=O) groups excluding carboxylic acids is 1. The van der Waals surface area contributed by atoms with Gasteiger partial charge in [0.1, 0.15) is 17.3 Å². The highest BCUT2D eigenvalue weighted by atomic mass is 19.1. The molecule has 34 heavy (non-hydrogen) atoms. The molecule has 1 aromatic carbocycles. The first-order valence-corrected chi connectivity index (χ1v) is 10.2. The van der Waals surface area contributed by atoms with Crippen molar-refractivity contribution in [3.05, 3.63) is 79.3 Å². The van der Waals surface area contributed by atoms with E-state index in [1.165, 1.54) is 20.3 Å². The molecule has 0 aliphatic heterocycles. The second-order valence-corrected chi connectivity index (χ2v) is 7.28. The minimum Gasteiger partial charge on any atom is -0.494 e. The number of pyridine rings is 2. The van der Waals surface area contributed by atoms with Crippen molar-refractivity contribution in [1.29, 1.82) is 0 Å². The Kier molecular flexibility index (Phi) is 5.38. The van der Waals surface area contributed by atoms with E-state index in [1.54, 1.807) is 43.0 Å². The second kappa shape index (κ2) is 8.66. The number of amides is 1. The van der Waals surface area contributed by atoms with Gasteiger partial charge in [0.15, 0.2) is 11.6 Å². The van der Waals surface area contributed by atoms with Crippen LogP contribution in [0.2, 0.25) is 0 Å². The van der Waals surface area contributed by atoms with Crippen LogP contribution in [0.1, 0.15) is 0 Å². The van der Waals surface area contributed by atoms with E-state index in [9.17, 15) is 9.18 Å². The van der Waals surface area contributed by atoms with E-state index in [0.717, 1.165) is 28.2 Å². The number of nitrogens with one attached hydrogen (secondary N) is 1. The van der Waals surface area contributed by atoms with Gasteiger partial charge in [-0.1, -0.05) is 0 Å². The zero-order chi connectivity index (χ0) is 23.7.